The van der Waals surface area contributed by atoms with Gasteiger partial charge in [0.05, 0.1) is 13.2 Å². The van der Waals surface area contributed by atoms with E-state index < -0.39 is 0 Å². The highest BCUT2D eigenvalue weighted by molar-refractivity contribution is 5.77. The fourth-order valence-electron chi connectivity index (χ4n) is 3.06. The van der Waals surface area contributed by atoms with Gasteiger partial charge in [0, 0.05) is 18.2 Å². The van der Waals surface area contributed by atoms with E-state index in [9.17, 15) is 0 Å². The summed E-state index contributed by atoms with van der Waals surface area (Å²) in [6.45, 7) is 9.69. The van der Waals surface area contributed by atoms with Gasteiger partial charge in [-0.2, -0.15) is 0 Å². The Morgan fingerprint density at radius 3 is 2.47 bits per heavy atom. The maximum atomic E-state index is 5.97. The van der Waals surface area contributed by atoms with Gasteiger partial charge in [-0.3, -0.25) is 0 Å². The molecule has 0 amide bonds. The predicted octanol–water partition coefficient (Wildman–Crippen LogP) is 4.59. The zero-order valence-corrected chi connectivity index (χ0v) is 18.3. The second kappa shape index (κ2) is 11.6. The molecule has 0 aliphatic carbocycles. The number of hydrogen-bond donors (Lipinski definition) is 1. The van der Waals surface area contributed by atoms with Crippen LogP contribution in [0, 0.1) is 0 Å². The molecule has 0 fully saturated rings. The smallest absolute Gasteiger partial charge is 0.227 e. The Hall–Kier alpha value is -2.57. The number of nitrogens with one attached hydrogen (secondary N) is 1. The van der Waals surface area contributed by atoms with Gasteiger partial charge in [-0.15, -0.1) is 0 Å². The number of nitrogens with zero attached hydrogens (tertiary/aromatic N) is 2. The number of fused-ring (bicyclic) bond motifs is 1. The maximum Gasteiger partial charge on any atom is 0.227 e. The van der Waals surface area contributed by atoms with Gasteiger partial charge in [0.15, 0.2) is 5.58 Å². The van der Waals surface area contributed by atoms with Crippen molar-refractivity contribution in [1.82, 2.24) is 15.2 Å². The minimum atomic E-state index is 0.602. The van der Waals surface area contributed by atoms with Gasteiger partial charge in [0.1, 0.15) is 17.0 Å². The molecule has 6 nitrogen and oxygen atoms in total. The van der Waals surface area contributed by atoms with Crippen LogP contribution in [0.15, 0.2) is 46.9 Å². The van der Waals surface area contributed by atoms with E-state index in [0.717, 1.165) is 67.2 Å². The van der Waals surface area contributed by atoms with E-state index in [0.29, 0.717) is 19.1 Å². The van der Waals surface area contributed by atoms with Crippen LogP contribution in [-0.4, -0.2) is 56.3 Å². The average Bonchev–Trinajstić information content (AvgIpc) is 3.20. The van der Waals surface area contributed by atoms with E-state index in [1.165, 1.54) is 0 Å². The molecule has 0 atom stereocenters. The lowest BCUT2D eigenvalue weighted by molar-refractivity contribution is 0.268. The van der Waals surface area contributed by atoms with Crippen LogP contribution in [0.25, 0.3) is 22.6 Å². The molecule has 0 bridgehead atoms. The minimum absolute atomic E-state index is 0.602. The molecule has 1 heterocycles. The van der Waals surface area contributed by atoms with Crippen LogP contribution < -0.4 is 14.8 Å². The van der Waals surface area contributed by atoms with Gasteiger partial charge in [0.25, 0.3) is 0 Å². The first-order valence-electron chi connectivity index (χ1n) is 10.9. The van der Waals surface area contributed by atoms with Gasteiger partial charge < -0.3 is 24.1 Å². The molecule has 30 heavy (non-hydrogen) atoms. The summed E-state index contributed by atoms with van der Waals surface area (Å²) in [5.74, 6) is 2.27. The van der Waals surface area contributed by atoms with Crippen molar-refractivity contribution >= 4 is 11.1 Å². The van der Waals surface area contributed by atoms with Crippen molar-refractivity contribution < 1.29 is 13.9 Å². The lowest BCUT2D eigenvalue weighted by atomic mass is 10.2. The van der Waals surface area contributed by atoms with E-state index in [1.807, 2.05) is 42.5 Å². The number of hydrogen-bond acceptors (Lipinski definition) is 6. The molecule has 2 aromatic carbocycles. The summed E-state index contributed by atoms with van der Waals surface area (Å²) in [4.78, 5) is 6.88. The zero-order valence-electron chi connectivity index (χ0n) is 18.3. The Bertz CT molecular complexity index is 892. The van der Waals surface area contributed by atoms with Crippen LogP contribution in [0.2, 0.25) is 0 Å². The summed E-state index contributed by atoms with van der Waals surface area (Å²) in [7, 11) is 2.12. The third-order valence-corrected chi connectivity index (χ3v) is 4.97. The van der Waals surface area contributed by atoms with E-state index in [1.54, 1.807) is 0 Å². The Labute approximate surface area is 179 Å². The molecule has 162 valence electrons. The number of aromatic nitrogens is 1. The van der Waals surface area contributed by atoms with Crippen molar-refractivity contribution in [2.75, 3.05) is 46.4 Å². The second-order valence-electron chi connectivity index (χ2n) is 7.33. The summed E-state index contributed by atoms with van der Waals surface area (Å²) < 4.78 is 17.6. The largest absolute Gasteiger partial charge is 0.494 e. The molecule has 0 aliphatic rings. The van der Waals surface area contributed by atoms with Gasteiger partial charge >= 0.3 is 0 Å². The normalized spacial score (nSPS) is 11.3. The predicted molar refractivity (Wildman–Crippen MR) is 121 cm³/mol. The van der Waals surface area contributed by atoms with Gasteiger partial charge in [0.2, 0.25) is 5.89 Å². The zero-order chi connectivity index (χ0) is 21.2. The van der Waals surface area contributed by atoms with E-state index >= 15 is 0 Å². The molecule has 0 saturated heterocycles. The molecule has 0 radical (unpaired) electrons. The summed E-state index contributed by atoms with van der Waals surface area (Å²) in [5, 5.41) is 3.29. The Morgan fingerprint density at radius 1 is 0.967 bits per heavy atom. The van der Waals surface area contributed by atoms with E-state index in [4.69, 9.17) is 13.9 Å². The quantitative estimate of drug-likeness (QED) is 0.415. The number of ether oxygens (including phenoxy) is 2. The minimum Gasteiger partial charge on any atom is -0.494 e. The third kappa shape index (κ3) is 6.47. The number of benzene rings is 2. The van der Waals surface area contributed by atoms with Crippen molar-refractivity contribution in [3.63, 3.8) is 0 Å². The highest BCUT2D eigenvalue weighted by atomic mass is 16.5. The fourth-order valence-corrected chi connectivity index (χ4v) is 3.06. The van der Waals surface area contributed by atoms with Crippen LogP contribution >= 0.6 is 0 Å². The first-order chi connectivity index (χ1) is 14.7. The highest BCUT2D eigenvalue weighted by Crippen LogP contribution is 2.28. The summed E-state index contributed by atoms with van der Waals surface area (Å²) >= 11 is 0. The molecule has 0 aliphatic heterocycles. The standard InChI is InChI=1S/C24H33N3O3/c1-4-25-14-6-16-29-21-12-13-22-23(18-21)30-24(26-22)19-8-10-20(11-9-19)28-17-7-15-27(3)5-2/h8-13,18,25H,4-7,14-17H2,1-3H3. The molecule has 3 rings (SSSR count). The molecular weight excluding hydrogens is 378 g/mol. The topological polar surface area (TPSA) is 59.8 Å². The number of oxazole rings is 1. The molecule has 0 unspecified atom stereocenters. The van der Waals surface area contributed by atoms with Crippen LogP contribution in [0.3, 0.4) is 0 Å². The Balaban J connectivity index is 1.55. The monoisotopic (exact) mass is 411 g/mol. The Morgan fingerprint density at radius 2 is 1.70 bits per heavy atom. The van der Waals surface area contributed by atoms with Crippen molar-refractivity contribution in [2.45, 2.75) is 26.7 Å². The van der Waals surface area contributed by atoms with Gasteiger partial charge in [-0.05, 0) is 75.9 Å². The summed E-state index contributed by atoms with van der Waals surface area (Å²) in [6, 6.07) is 13.7. The molecule has 1 aromatic heterocycles. The van der Waals surface area contributed by atoms with Crippen molar-refractivity contribution in [2.24, 2.45) is 0 Å². The lowest BCUT2D eigenvalue weighted by Crippen LogP contribution is -2.20. The molecule has 0 spiro atoms. The van der Waals surface area contributed by atoms with Gasteiger partial charge in [-0.1, -0.05) is 13.8 Å². The van der Waals surface area contributed by atoms with Crippen LogP contribution in [0.1, 0.15) is 26.7 Å². The fraction of sp³-hybridized carbons (Fsp3) is 0.458. The second-order valence-corrected chi connectivity index (χ2v) is 7.33. The van der Waals surface area contributed by atoms with Gasteiger partial charge in [-0.25, -0.2) is 4.98 Å². The van der Waals surface area contributed by atoms with Crippen LogP contribution in [-0.2, 0) is 0 Å². The van der Waals surface area contributed by atoms with E-state index in [2.05, 4.69) is 36.1 Å². The average molecular weight is 412 g/mol. The summed E-state index contributed by atoms with van der Waals surface area (Å²) in [5.41, 5.74) is 2.48. The highest BCUT2D eigenvalue weighted by Gasteiger charge is 2.10. The van der Waals surface area contributed by atoms with Crippen molar-refractivity contribution in [3.05, 3.63) is 42.5 Å². The van der Waals surface area contributed by atoms with E-state index in [-0.39, 0.29) is 0 Å². The van der Waals surface area contributed by atoms with Crippen molar-refractivity contribution in [3.8, 4) is 23.0 Å². The molecule has 1 N–H and O–H groups in total. The maximum absolute atomic E-state index is 5.97. The number of rotatable bonds is 13. The molecule has 3 aromatic rings. The van der Waals surface area contributed by atoms with Crippen LogP contribution in [0.4, 0.5) is 0 Å². The van der Waals surface area contributed by atoms with Crippen molar-refractivity contribution in [1.29, 1.82) is 0 Å². The lowest BCUT2D eigenvalue weighted by Gasteiger charge is -2.13. The Kier molecular flexibility index (Phi) is 8.53. The first-order valence-corrected chi connectivity index (χ1v) is 10.9. The summed E-state index contributed by atoms with van der Waals surface area (Å²) in [6.07, 6.45) is 1.98. The SMILES string of the molecule is CCNCCCOc1ccc2nc(-c3ccc(OCCCN(C)CC)cc3)oc2c1. The third-order valence-electron chi connectivity index (χ3n) is 4.97. The first kappa shape index (κ1) is 22.1. The molecule has 6 heteroatoms. The molecule has 0 saturated carbocycles. The molecular formula is C24H33N3O3. The van der Waals surface area contributed by atoms with Crippen LogP contribution in [0.5, 0.6) is 11.5 Å².